The molecule has 0 spiro atoms. The van der Waals surface area contributed by atoms with Crippen LogP contribution < -0.4 is 5.32 Å². The van der Waals surface area contributed by atoms with Crippen molar-refractivity contribution in [2.24, 2.45) is 5.92 Å². The van der Waals surface area contributed by atoms with Gasteiger partial charge in [-0.05, 0) is 25.7 Å². The van der Waals surface area contributed by atoms with E-state index >= 15 is 0 Å². The molecular formula is C11H19N3S. The lowest BCUT2D eigenvalue weighted by Crippen LogP contribution is -2.26. The highest BCUT2D eigenvalue weighted by Crippen LogP contribution is 2.26. The van der Waals surface area contributed by atoms with Gasteiger partial charge in [-0.2, -0.15) is 0 Å². The molecule has 0 aromatic carbocycles. The first kappa shape index (κ1) is 10.9. The van der Waals surface area contributed by atoms with Gasteiger partial charge in [0.25, 0.3) is 0 Å². The van der Waals surface area contributed by atoms with Crippen LogP contribution in [-0.2, 0) is 0 Å². The third-order valence-electron chi connectivity index (χ3n) is 3.20. The Hall–Kier alpha value is -0.640. The number of aromatic nitrogens is 2. The summed E-state index contributed by atoms with van der Waals surface area (Å²) in [4.78, 5) is 0. The Kier molecular flexibility index (Phi) is 3.57. The second-order valence-electron chi connectivity index (χ2n) is 4.49. The standard InChI is InChI=1S/C11H19N3S/c1-8-6-4-3-5-7-10(8)12-11-14-13-9(2)15-11/h8,10H,3-7H2,1-2H3,(H,12,14). The Bertz CT molecular complexity index is 311. The lowest BCUT2D eigenvalue weighted by molar-refractivity contribution is 0.456. The molecule has 0 radical (unpaired) electrons. The van der Waals surface area contributed by atoms with Crippen molar-refractivity contribution in [3.8, 4) is 0 Å². The molecule has 2 rings (SSSR count). The monoisotopic (exact) mass is 225 g/mol. The van der Waals surface area contributed by atoms with E-state index in [0.29, 0.717) is 6.04 Å². The van der Waals surface area contributed by atoms with Crippen LogP contribution in [0.25, 0.3) is 0 Å². The van der Waals surface area contributed by atoms with Crippen molar-refractivity contribution >= 4 is 16.5 Å². The summed E-state index contributed by atoms with van der Waals surface area (Å²) in [5.74, 6) is 0.761. The van der Waals surface area contributed by atoms with Gasteiger partial charge in [-0.15, -0.1) is 10.2 Å². The second-order valence-corrected chi connectivity index (χ2v) is 5.67. The molecule has 0 aliphatic heterocycles. The number of anilines is 1. The molecule has 1 fully saturated rings. The summed E-state index contributed by atoms with van der Waals surface area (Å²) in [5.41, 5.74) is 0. The molecule has 84 valence electrons. The third-order valence-corrected chi connectivity index (χ3v) is 3.97. The minimum atomic E-state index is 0.597. The van der Waals surface area contributed by atoms with Crippen LogP contribution in [0.3, 0.4) is 0 Å². The maximum absolute atomic E-state index is 4.13. The van der Waals surface area contributed by atoms with Crippen molar-refractivity contribution in [3.63, 3.8) is 0 Å². The van der Waals surface area contributed by atoms with E-state index in [2.05, 4.69) is 22.4 Å². The van der Waals surface area contributed by atoms with Crippen molar-refractivity contribution < 1.29 is 0 Å². The van der Waals surface area contributed by atoms with Crippen LogP contribution in [0.2, 0.25) is 0 Å². The predicted molar refractivity (Wildman–Crippen MR) is 64.3 cm³/mol. The van der Waals surface area contributed by atoms with Crippen molar-refractivity contribution in [1.29, 1.82) is 0 Å². The summed E-state index contributed by atoms with van der Waals surface area (Å²) < 4.78 is 0. The fraction of sp³-hybridized carbons (Fsp3) is 0.818. The normalized spacial score (nSPS) is 27.3. The molecule has 2 atom stereocenters. The molecule has 1 heterocycles. The average Bonchev–Trinajstić information content (AvgIpc) is 2.50. The summed E-state index contributed by atoms with van der Waals surface area (Å²) in [6.07, 6.45) is 6.74. The van der Waals surface area contributed by atoms with Gasteiger partial charge in [0.15, 0.2) is 0 Å². The molecule has 0 saturated heterocycles. The van der Waals surface area contributed by atoms with Crippen LogP contribution in [0.5, 0.6) is 0 Å². The van der Waals surface area contributed by atoms with Gasteiger partial charge < -0.3 is 5.32 Å². The zero-order valence-corrected chi connectivity index (χ0v) is 10.3. The fourth-order valence-corrected chi connectivity index (χ4v) is 2.87. The lowest BCUT2D eigenvalue weighted by atomic mass is 9.97. The van der Waals surface area contributed by atoms with Gasteiger partial charge in [-0.1, -0.05) is 37.5 Å². The molecule has 1 aliphatic rings. The Morgan fingerprint density at radius 3 is 2.73 bits per heavy atom. The Labute approximate surface area is 95.3 Å². The first-order valence-corrected chi connectivity index (χ1v) is 6.64. The molecule has 2 unspecified atom stereocenters. The zero-order valence-electron chi connectivity index (χ0n) is 9.49. The van der Waals surface area contributed by atoms with Crippen LogP contribution in [0.4, 0.5) is 5.13 Å². The van der Waals surface area contributed by atoms with Crippen molar-refractivity contribution in [3.05, 3.63) is 5.01 Å². The van der Waals surface area contributed by atoms with Gasteiger partial charge in [-0.25, -0.2) is 0 Å². The molecule has 1 N–H and O–H groups in total. The Morgan fingerprint density at radius 2 is 2.00 bits per heavy atom. The molecule has 1 aromatic heterocycles. The topological polar surface area (TPSA) is 37.8 Å². The van der Waals surface area contributed by atoms with Crippen LogP contribution in [-0.4, -0.2) is 16.2 Å². The fourth-order valence-electron chi connectivity index (χ4n) is 2.22. The number of hydrogen-bond donors (Lipinski definition) is 1. The maximum atomic E-state index is 4.13. The van der Waals surface area contributed by atoms with E-state index in [0.717, 1.165) is 16.1 Å². The highest BCUT2D eigenvalue weighted by molar-refractivity contribution is 7.15. The first-order chi connectivity index (χ1) is 7.25. The van der Waals surface area contributed by atoms with E-state index in [9.17, 15) is 0 Å². The Morgan fingerprint density at radius 1 is 1.20 bits per heavy atom. The summed E-state index contributed by atoms with van der Waals surface area (Å²) in [7, 11) is 0. The van der Waals surface area contributed by atoms with Gasteiger partial charge in [0, 0.05) is 6.04 Å². The summed E-state index contributed by atoms with van der Waals surface area (Å²) in [6, 6.07) is 0.597. The maximum Gasteiger partial charge on any atom is 0.205 e. The minimum absolute atomic E-state index is 0.597. The predicted octanol–water partition coefficient (Wildman–Crippen LogP) is 3.23. The van der Waals surface area contributed by atoms with Crippen molar-refractivity contribution in [1.82, 2.24) is 10.2 Å². The number of nitrogens with zero attached hydrogens (tertiary/aromatic N) is 2. The second kappa shape index (κ2) is 4.92. The largest absolute Gasteiger partial charge is 0.357 e. The number of aryl methyl sites for hydroxylation is 1. The summed E-state index contributed by atoms with van der Waals surface area (Å²) >= 11 is 1.66. The molecule has 0 amide bonds. The molecule has 1 aliphatic carbocycles. The van der Waals surface area contributed by atoms with Crippen LogP contribution >= 0.6 is 11.3 Å². The van der Waals surface area contributed by atoms with E-state index in [1.54, 1.807) is 11.3 Å². The van der Waals surface area contributed by atoms with Gasteiger partial charge in [0.05, 0.1) is 0 Å². The number of hydrogen-bond acceptors (Lipinski definition) is 4. The van der Waals surface area contributed by atoms with Crippen LogP contribution in [0.15, 0.2) is 0 Å². The third kappa shape index (κ3) is 2.91. The van der Waals surface area contributed by atoms with Crippen molar-refractivity contribution in [2.45, 2.75) is 52.0 Å². The van der Waals surface area contributed by atoms with E-state index in [1.807, 2.05) is 6.92 Å². The molecule has 0 bridgehead atoms. The molecule has 3 nitrogen and oxygen atoms in total. The average molecular weight is 225 g/mol. The van der Waals surface area contributed by atoms with E-state index in [4.69, 9.17) is 0 Å². The summed E-state index contributed by atoms with van der Waals surface area (Å²) in [6.45, 7) is 4.34. The molecule has 15 heavy (non-hydrogen) atoms. The molecule has 1 aromatic rings. The molecule has 4 heteroatoms. The Balaban J connectivity index is 1.97. The molecular weight excluding hydrogens is 206 g/mol. The van der Waals surface area contributed by atoms with E-state index in [1.165, 1.54) is 32.1 Å². The zero-order chi connectivity index (χ0) is 10.7. The van der Waals surface area contributed by atoms with Gasteiger partial charge in [0.1, 0.15) is 5.01 Å². The van der Waals surface area contributed by atoms with Crippen LogP contribution in [0, 0.1) is 12.8 Å². The van der Waals surface area contributed by atoms with E-state index < -0.39 is 0 Å². The quantitative estimate of drug-likeness (QED) is 0.785. The van der Waals surface area contributed by atoms with E-state index in [-0.39, 0.29) is 0 Å². The van der Waals surface area contributed by atoms with Crippen molar-refractivity contribution in [2.75, 3.05) is 5.32 Å². The minimum Gasteiger partial charge on any atom is -0.357 e. The highest BCUT2D eigenvalue weighted by atomic mass is 32.1. The molecule has 1 saturated carbocycles. The van der Waals surface area contributed by atoms with Crippen LogP contribution in [0.1, 0.15) is 44.0 Å². The smallest absolute Gasteiger partial charge is 0.205 e. The summed E-state index contributed by atoms with van der Waals surface area (Å²) in [5, 5.41) is 13.7. The number of rotatable bonds is 2. The van der Waals surface area contributed by atoms with Gasteiger partial charge in [0.2, 0.25) is 5.13 Å². The lowest BCUT2D eigenvalue weighted by Gasteiger charge is -2.21. The SMILES string of the molecule is Cc1nnc(NC2CCCCCC2C)s1. The first-order valence-electron chi connectivity index (χ1n) is 5.82. The van der Waals surface area contributed by atoms with Gasteiger partial charge >= 0.3 is 0 Å². The highest BCUT2D eigenvalue weighted by Gasteiger charge is 2.20. The van der Waals surface area contributed by atoms with Gasteiger partial charge in [-0.3, -0.25) is 0 Å². The number of nitrogens with one attached hydrogen (secondary N) is 1.